The van der Waals surface area contributed by atoms with Crippen molar-refractivity contribution in [3.63, 3.8) is 0 Å². The van der Waals surface area contributed by atoms with E-state index >= 15 is 0 Å². The number of hydrogen-bond acceptors (Lipinski definition) is 2. The largest absolute Gasteiger partial charge is 0.405 e. The van der Waals surface area contributed by atoms with Gasteiger partial charge in [0, 0.05) is 17.4 Å². The molecule has 2 N–H and O–H groups in total. The summed E-state index contributed by atoms with van der Waals surface area (Å²) in [6.45, 7) is -1.41. The zero-order valence-electron chi connectivity index (χ0n) is 15.9. The molecule has 4 rings (SSSR count). The molecule has 4 aromatic rings. The molecular formula is C22H16F4N4O. The maximum atomic E-state index is 13.2. The van der Waals surface area contributed by atoms with E-state index in [0.717, 1.165) is 22.4 Å². The molecule has 2 aromatic heterocycles. The lowest BCUT2D eigenvalue weighted by atomic mass is 10.1. The van der Waals surface area contributed by atoms with Crippen LogP contribution < -0.4 is 10.6 Å². The van der Waals surface area contributed by atoms with E-state index in [9.17, 15) is 22.4 Å². The summed E-state index contributed by atoms with van der Waals surface area (Å²) in [4.78, 5) is 16.1. The van der Waals surface area contributed by atoms with Crippen LogP contribution >= 0.6 is 0 Å². The van der Waals surface area contributed by atoms with Gasteiger partial charge in [-0.3, -0.25) is 4.40 Å². The van der Waals surface area contributed by atoms with Gasteiger partial charge in [-0.25, -0.2) is 14.2 Å². The van der Waals surface area contributed by atoms with E-state index in [4.69, 9.17) is 0 Å². The molecule has 0 saturated carbocycles. The van der Waals surface area contributed by atoms with Crippen molar-refractivity contribution in [2.45, 2.75) is 6.18 Å². The number of nitrogens with one attached hydrogen (secondary N) is 2. The highest BCUT2D eigenvalue weighted by molar-refractivity contribution is 5.90. The number of alkyl halides is 3. The van der Waals surface area contributed by atoms with E-state index in [1.54, 1.807) is 47.9 Å². The van der Waals surface area contributed by atoms with Crippen molar-refractivity contribution >= 4 is 17.4 Å². The molecule has 5 nitrogen and oxygen atoms in total. The minimum absolute atomic E-state index is 0.312. The highest BCUT2D eigenvalue weighted by Gasteiger charge is 2.27. The molecule has 0 spiro atoms. The van der Waals surface area contributed by atoms with Gasteiger partial charge in [-0.15, -0.1) is 0 Å². The van der Waals surface area contributed by atoms with Gasteiger partial charge in [0.05, 0.1) is 11.9 Å². The topological polar surface area (TPSA) is 58.4 Å². The van der Waals surface area contributed by atoms with Crippen LogP contribution in [0.2, 0.25) is 0 Å². The molecule has 0 aliphatic rings. The third-order valence-electron chi connectivity index (χ3n) is 4.56. The number of benzene rings is 2. The fraction of sp³-hybridized carbons (Fsp3) is 0.0909. The lowest BCUT2D eigenvalue weighted by Crippen LogP contribution is -2.36. The van der Waals surface area contributed by atoms with Gasteiger partial charge in [-0.05, 0) is 47.5 Å². The van der Waals surface area contributed by atoms with E-state index in [1.165, 1.54) is 12.1 Å². The molecule has 2 aromatic carbocycles. The fourth-order valence-corrected chi connectivity index (χ4v) is 3.13. The van der Waals surface area contributed by atoms with Crippen molar-refractivity contribution in [1.82, 2.24) is 14.7 Å². The average molecular weight is 428 g/mol. The van der Waals surface area contributed by atoms with E-state index in [1.807, 2.05) is 22.7 Å². The van der Waals surface area contributed by atoms with Crippen molar-refractivity contribution in [3.8, 4) is 22.4 Å². The van der Waals surface area contributed by atoms with E-state index in [0.29, 0.717) is 11.3 Å². The number of nitrogens with zero attached hydrogens (tertiary/aromatic N) is 2. The molecule has 0 bridgehead atoms. The second-order valence-electron chi connectivity index (χ2n) is 6.80. The molecule has 0 aliphatic carbocycles. The Morgan fingerprint density at radius 1 is 0.968 bits per heavy atom. The lowest BCUT2D eigenvalue weighted by Gasteiger charge is -2.11. The van der Waals surface area contributed by atoms with Crippen LogP contribution in [0.15, 0.2) is 73.1 Å². The van der Waals surface area contributed by atoms with Gasteiger partial charge in [-0.2, -0.15) is 13.2 Å². The first-order valence-electron chi connectivity index (χ1n) is 9.24. The zero-order chi connectivity index (χ0) is 22.0. The number of aromatic nitrogens is 2. The van der Waals surface area contributed by atoms with E-state index in [2.05, 4.69) is 10.3 Å². The number of fused-ring (bicyclic) bond motifs is 1. The first-order valence-corrected chi connectivity index (χ1v) is 9.24. The predicted octanol–water partition coefficient (Wildman–Crippen LogP) is 5.49. The number of hydrogen-bond donors (Lipinski definition) is 2. The summed E-state index contributed by atoms with van der Waals surface area (Å²) in [5.74, 6) is -0.312. The molecule has 158 valence electrons. The maximum Gasteiger partial charge on any atom is 0.405 e. The number of halogens is 4. The fourth-order valence-electron chi connectivity index (χ4n) is 3.13. The van der Waals surface area contributed by atoms with Crippen LogP contribution in [0.4, 0.5) is 28.0 Å². The summed E-state index contributed by atoms with van der Waals surface area (Å²) in [6, 6.07) is 15.6. The van der Waals surface area contributed by atoms with Gasteiger partial charge in [0.1, 0.15) is 18.0 Å². The Hall–Kier alpha value is -3.88. The van der Waals surface area contributed by atoms with Crippen LogP contribution in [-0.4, -0.2) is 28.1 Å². The Labute approximate surface area is 174 Å². The molecule has 0 aliphatic heterocycles. The molecule has 0 unspecified atom stereocenters. The minimum atomic E-state index is -4.48. The van der Waals surface area contributed by atoms with Gasteiger partial charge in [-0.1, -0.05) is 24.3 Å². The van der Waals surface area contributed by atoms with Crippen LogP contribution in [-0.2, 0) is 0 Å². The number of amides is 2. The predicted molar refractivity (Wildman–Crippen MR) is 109 cm³/mol. The summed E-state index contributed by atoms with van der Waals surface area (Å²) >= 11 is 0. The van der Waals surface area contributed by atoms with Gasteiger partial charge in [0.15, 0.2) is 0 Å². The quantitative estimate of drug-likeness (QED) is 0.422. The van der Waals surface area contributed by atoms with E-state index < -0.39 is 18.8 Å². The van der Waals surface area contributed by atoms with Gasteiger partial charge < -0.3 is 10.6 Å². The van der Waals surface area contributed by atoms with Crippen molar-refractivity contribution in [3.05, 3.63) is 78.9 Å². The highest BCUT2D eigenvalue weighted by Crippen LogP contribution is 2.27. The normalized spacial score (nSPS) is 11.5. The van der Waals surface area contributed by atoms with Crippen LogP contribution in [0.25, 0.3) is 28.0 Å². The number of anilines is 1. The minimum Gasteiger partial charge on any atom is -0.329 e. The molecule has 0 saturated heterocycles. The Balaban J connectivity index is 1.57. The Bertz CT molecular complexity index is 1230. The van der Waals surface area contributed by atoms with Gasteiger partial charge >= 0.3 is 12.2 Å². The number of imidazole rings is 1. The maximum absolute atomic E-state index is 13.2. The number of carbonyl (C=O) groups excluding carboxylic acids is 1. The third kappa shape index (κ3) is 4.82. The molecule has 0 radical (unpaired) electrons. The Morgan fingerprint density at radius 2 is 1.74 bits per heavy atom. The summed E-state index contributed by atoms with van der Waals surface area (Å²) in [5.41, 5.74) is 4.19. The van der Waals surface area contributed by atoms with Gasteiger partial charge in [0.2, 0.25) is 0 Å². The monoisotopic (exact) mass is 428 g/mol. The average Bonchev–Trinajstić information content (AvgIpc) is 3.16. The van der Waals surface area contributed by atoms with Crippen molar-refractivity contribution in [1.29, 1.82) is 0 Å². The first-order chi connectivity index (χ1) is 14.8. The second-order valence-corrected chi connectivity index (χ2v) is 6.80. The van der Waals surface area contributed by atoms with Crippen LogP contribution in [0.1, 0.15) is 0 Å². The molecular weight excluding hydrogens is 412 g/mol. The summed E-state index contributed by atoms with van der Waals surface area (Å²) in [6.07, 6.45) is -0.998. The first kappa shape index (κ1) is 20.4. The number of rotatable bonds is 4. The number of urea groups is 1. The molecule has 2 heterocycles. The smallest absolute Gasteiger partial charge is 0.329 e. The number of carbonyl (C=O) groups is 1. The molecule has 2 amide bonds. The number of pyridine rings is 1. The zero-order valence-corrected chi connectivity index (χ0v) is 15.9. The van der Waals surface area contributed by atoms with Crippen molar-refractivity contribution in [2.24, 2.45) is 0 Å². The lowest BCUT2D eigenvalue weighted by molar-refractivity contribution is -0.122. The Morgan fingerprint density at radius 3 is 2.48 bits per heavy atom. The summed E-state index contributed by atoms with van der Waals surface area (Å²) in [7, 11) is 0. The van der Waals surface area contributed by atoms with Gasteiger partial charge in [0.25, 0.3) is 0 Å². The van der Waals surface area contributed by atoms with Crippen LogP contribution in [0, 0.1) is 5.82 Å². The van der Waals surface area contributed by atoms with Crippen molar-refractivity contribution in [2.75, 3.05) is 11.9 Å². The molecule has 9 heteroatoms. The molecule has 31 heavy (non-hydrogen) atoms. The second kappa shape index (κ2) is 8.10. The van der Waals surface area contributed by atoms with E-state index in [-0.39, 0.29) is 5.82 Å². The molecule has 0 atom stereocenters. The van der Waals surface area contributed by atoms with Crippen LogP contribution in [0.5, 0.6) is 0 Å². The SMILES string of the molecule is O=C(NCC(F)(F)F)Nc1cccc(-c2cnc3cc(-c4ccc(F)cc4)ccn23)c1. The Kier molecular flexibility index (Phi) is 5.33. The third-order valence-corrected chi connectivity index (χ3v) is 4.56. The van der Waals surface area contributed by atoms with Crippen LogP contribution in [0.3, 0.4) is 0 Å². The molecule has 0 fully saturated rings. The summed E-state index contributed by atoms with van der Waals surface area (Å²) < 4.78 is 51.7. The van der Waals surface area contributed by atoms with Crippen molar-refractivity contribution < 1.29 is 22.4 Å². The summed E-state index contributed by atoms with van der Waals surface area (Å²) in [5, 5.41) is 4.15. The standard InChI is InChI=1S/C22H16F4N4O/c23-17-6-4-14(5-7-17)15-8-9-30-19(12-27-20(30)11-15)16-2-1-3-18(10-16)29-21(31)28-13-22(24,25)26/h1-12H,13H2,(H2,28,29,31). The highest BCUT2D eigenvalue weighted by atomic mass is 19.4.